The van der Waals surface area contributed by atoms with Gasteiger partial charge >= 0.3 is 0 Å². The van der Waals surface area contributed by atoms with Gasteiger partial charge in [-0.2, -0.15) is 0 Å². The second-order valence-electron chi connectivity index (χ2n) is 5.63. The van der Waals surface area contributed by atoms with E-state index in [1.807, 2.05) is 0 Å². The van der Waals surface area contributed by atoms with Gasteiger partial charge in [0.2, 0.25) is 0 Å². The monoisotopic (exact) mass is 231 g/mol. The Balaban J connectivity index is 1.81. The van der Waals surface area contributed by atoms with Crippen molar-refractivity contribution in [1.82, 2.24) is 4.98 Å². The summed E-state index contributed by atoms with van der Waals surface area (Å²) in [7, 11) is 0. The Morgan fingerprint density at radius 1 is 1.24 bits per heavy atom. The van der Waals surface area contributed by atoms with E-state index in [-0.39, 0.29) is 0 Å². The van der Waals surface area contributed by atoms with Crippen molar-refractivity contribution >= 4 is 5.82 Å². The van der Waals surface area contributed by atoms with Crippen LogP contribution in [-0.4, -0.2) is 18.1 Å². The molecule has 17 heavy (non-hydrogen) atoms. The van der Waals surface area contributed by atoms with Crippen LogP contribution in [0.25, 0.3) is 0 Å². The first-order valence-corrected chi connectivity index (χ1v) is 6.64. The smallest absolute Gasteiger partial charge is 0.133 e. The Labute approximate surface area is 103 Å². The summed E-state index contributed by atoms with van der Waals surface area (Å²) in [6.07, 6.45) is 5.58. The number of nitrogens with two attached hydrogens (primary N) is 1. The Kier molecular flexibility index (Phi) is 2.58. The fraction of sp³-hybridized carbons (Fsp3) is 0.643. The van der Waals surface area contributed by atoms with Crippen LogP contribution in [0.4, 0.5) is 5.82 Å². The van der Waals surface area contributed by atoms with Crippen LogP contribution in [0.15, 0.2) is 12.1 Å². The van der Waals surface area contributed by atoms with Crippen LogP contribution in [-0.2, 0) is 6.54 Å². The van der Waals surface area contributed by atoms with Gasteiger partial charge in [-0.25, -0.2) is 4.98 Å². The molecule has 0 aromatic carbocycles. The second kappa shape index (κ2) is 3.98. The third-order valence-electron chi connectivity index (χ3n) is 4.40. The molecule has 1 aliphatic heterocycles. The van der Waals surface area contributed by atoms with E-state index in [2.05, 4.69) is 28.9 Å². The molecule has 0 bridgehead atoms. The van der Waals surface area contributed by atoms with Crippen LogP contribution in [0.1, 0.15) is 36.9 Å². The molecule has 1 saturated carbocycles. The quantitative estimate of drug-likeness (QED) is 0.848. The molecule has 2 aliphatic rings. The molecule has 0 atom stereocenters. The zero-order valence-corrected chi connectivity index (χ0v) is 10.6. The molecule has 1 aromatic heterocycles. The summed E-state index contributed by atoms with van der Waals surface area (Å²) < 4.78 is 0. The molecule has 1 saturated heterocycles. The number of piperidine rings is 1. The normalized spacial score (nSPS) is 21.9. The summed E-state index contributed by atoms with van der Waals surface area (Å²) in [5, 5.41) is 0. The average molecular weight is 231 g/mol. The fourth-order valence-corrected chi connectivity index (χ4v) is 2.87. The summed E-state index contributed by atoms with van der Waals surface area (Å²) >= 11 is 0. The summed E-state index contributed by atoms with van der Waals surface area (Å²) in [4.78, 5) is 7.11. The molecular weight excluding hydrogens is 210 g/mol. The van der Waals surface area contributed by atoms with Crippen LogP contribution in [0.2, 0.25) is 0 Å². The van der Waals surface area contributed by atoms with E-state index in [0.717, 1.165) is 30.0 Å². The molecule has 1 aromatic rings. The maximum Gasteiger partial charge on any atom is 0.133 e. The molecule has 0 amide bonds. The molecule has 0 unspecified atom stereocenters. The lowest BCUT2D eigenvalue weighted by Crippen LogP contribution is -2.35. The summed E-state index contributed by atoms with van der Waals surface area (Å²) in [5.41, 5.74) is 8.80. The van der Waals surface area contributed by atoms with E-state index in [4.69, 9.17) is 5.73 Å². The highest BCUT2D eigenvalue weighted by molar-refractivity contribution is 5.48. The van der Waals surface area contributed by atoms with E-state index in [1.165, 1.54) is 31.2 Å². The average Bonchev–Trinajstić information content (AvgIpc) is 3.10. The van der Waals surface area contributed by atoms with Gasteiger partial charge in [0.1, 0.15) is 5.82 Å². The Morgan fingerprint density at radius 2 is 1.94 bits per heavy atom. The van der Waals surface area contributed by atoms with Gasteiger partial charge in [-0.05, 0) is 44.1 Å². The molecule has 92 valence electrons. The molecule has 2 heterocycles. The van der Waals surface area contributed by atoms with Crippen LogP contribution < -0.4 is 10.6 Å². The zero-order chi connectivity index (χ0) is 11.9. The third-order valence-corrected chi connectivity index (χ3v) is 4.40. The van der Waals surface area contributed by atoms with Gasteiger partial charge in [0.15, 0.2) is 0 Å². The molecule has 2 N–H and O–H groups in total. The van der Waals surface area contributed by atoms with Crippen LogP contribution in [0.5, 0.6) is 0 Å². The molecule has 3 rings (SSSR count). The number of aromatic nitrogens is 1. The van der Waals surface area contributed by atoms with E-state index in [1.54, 1.807) is 0 Å². The minimum atomic E-state index is 0.588. The summed E-state index contributed by atoms with van der Waals surface area (Å²) in [6, 6.07) is 4.18. The standard InChI is InChI=1S/C14H21N3/c1-11-2-3-12(10-15)13(16-11)17-8-6-14(4-5-14)7-9-17/h2-3H,4-10,15H2,1H3. The topological polar surface area (TPSA) is 42.1 Å². The van der Waals surface area contributed by atoms with Gasteiger partial charge in [0.05, 0.1) is 0 Å². The van der Waals surface area contributed by atoms with Crippen LogP contribution in [0, 0.1) is 12.3 Å². The SMILES string of the molecule is Cc1ccc(CN)c(N2CCC3(CC2)CC3)n1. The molecule has 0 radical (unpaired) electrons. The lowest BCUT2D eigenvalue weighted by atomic mass is 9.93. The van der Waals surface area contributed by atoms with Gasteiger partial charge in [-0.15, -0.1) is 0 Å². The molecule has 3 heteroatoms. The van der Waals surface area contributed by atoms with Crippen molar-refractivity contribution in [1.29, 1.82) is 0 Å². The summed E-state index contributed by atoms with van der Waals surface area (Å²) in [5.74, 6) is 1.13. The number of pyridine rings is 1. The second-order valence-corrected chi connectivity index (χ2v) is 5.63. The third kappa shape index (κ3) is 2.04. The largest absolute Gasteiger partial charge is 0.356 e. The molecule has 1 aliphatic carbocycles. The number of anilines is 1. The van der Waals surface area contributed by atoms with Crippen molar-refractivity contribution in [3.8, 4) is 0 Å². The van der Waals surface area contributed by atoms with E-state index < -0.39 is 0 Å². The highest BCUT2D eigenvalue weighted by Gasteiger charge is 2.44. The highest BCUT2D eigenvalue weighted by atomic mass is 15.2. The fourth-order valence-electron chi connectivity index (χ4n) is 2.87. The van der Waals surface area contributed by atoms with Crippen molar-refractivity contribution in [2.24, 2.45) is 11.1 Å². The van der Waals surface area contributed by atoms with E-state index in [9.17, 15) is 0 Å². The molecule has 3 nitrogen and oxygen atoms in total. The maximum absolute atomic E-state index is 5.81. The number of aryl methyl sites for hydroxylation is 1. The van der Waals surface area contributed by atoms with Gasteiger partial charge < -0.3 is 10.6 Å². The Bertz CT molecular complexity index is 413. The van der Waals surface area contributed by atoms with Gasteiger partial charge in [-0.1, -0.05) is 6.07 Å². The Hall–Kier alpha value is -1.09. The zero-order valence-electron chi connectivity index (χ0n) is 10.6. The lowest BCUT2D eigenvalue weighted by Gasteiger charge is -2.34. The maximum atomic E-state index is 5.81. The number of rotatable bonds is 2. The first-order chi connectivity index (χ1) is 8.22. The highest BCUT2D eigenvalue weighted by Crippen LogP contribution is 2.53. The first kappa shape index (κ1) is 11.0. The van der Waals surface area contributed by atoms with Gasteiger partial charge in [0.25, 0.3) is 0 Å². The number of nitrogens with zero attached hydrogens (tertiary/aromatic N) is 2. The van der Waals surface area contributed by atoms with Gasteiger partial charge in [-0.3, -0.25) is 0 Å². The Morgan fingerprint density at radius 3 is 2.53 bits per heavy atom. The van der Waals surface area contributed by atoms with Crippen molar-refractivity contribution in [3.05, 3.63) is 23.4 Å². The predicted octanol–water partition coefficient (Wildman–Crippen LogP) is 2.23. The predicted molar refractivity (Wildman–Crippen MR) is 70.0 cm³/mol. The molecule has 1 spiro atoms. The van der Waals surface area contributed by atoms with Gasteiger partial charge in [0, 0.05) is 30.9 Å². The molecular formula is C14H21N3. The minimum absolute atomic E-state index is 0.588. The van der Waals surface area contributed by atoms with Crippen molar-refractivity contribution in [3.63, 3.8) is 0 Å². The number of hydrogen-bond acceptors (Lipinski definition) is 3. The van der Waals surface area contributed by atoms with Crippen molar-refractivity contribution in [2.75, 3.05) is 18.0 Å². The molecule has 2 fully saturated rings. The minimum Gasteiger partial charge on any atom is -0.356 e. The van der Waals surface area contributed by atoms with E-state index in [0.29, 0.717) is 6.54 Å². The van der Waals surface area contributed by atoms with Crippen LogP contribution >= 0.6 is 0 Å². The lowest BCUT2D eigenvalue weighted by molar-refractivity contribution is 0.382. The van der Waals surface area contributed by atoms with Crippen molar-refractivity contribution in [2.45, 2.75) is 39.2 Å². The first-order valence-electron chi connectivity index (χ1n) is 6.64. The van der Waals surface area contributed by atoms with Crippen molar-refractivity contribution < 1.29 is 0 Å². The van der Waals surface area contributed by atoms with Crippen LogP contribution in [0.3, 0.4) is 0 Å². The van der Waals surface area contributed by atoms with E-state index >= 15 is 0 Å². The number of hydrogen-bond donors (Lipinski definition) is 1. The summed E-state index contributed by atoms with van der Waals surface area (Å²) in [6.45, 7) is 4.95.